The van der Waals surface area contributed by atoms with E-state index < -0.39 is 0 Å². The zero-order valence-electron chi connectivity index (χ0n) is 12.3. The first kappa shape index (κ1) is 13.8. The molecular formula is C14H22N4O. The first-order valence-electron chi connectivity index (χ1n) is 6.56. The van der Waals surface area contributed by atoms with Gasteiger partial charge >= 0.3 is 0 Å². The summed E-state index contributed by atoms with van der Waals surface area (Å²) < 4.78 is 1.85. The van der Waals surface area contributed by atoms with E-state index in [1.165, 1.54) is 0 Å². The zero-order chi connectivity index (χ0) is 14.2. The Morgan fingerprint density at radius 3 is 2.68 bits per heavy atom. The molecule has 2 aromatic heterocycles. The van der Waals surface area contributed by atoms with Crippen molar-refractivity contribution in [1.82, 2.24) is 14.6 Å². The Morgan fingerprint density at radius 1 is 1.42 bits per heavy atom. The summed E-state index contributed by atoms with van der Waals surface area (Å²) in [5, 5.41) is 14.1. The number of fused-ring (bicyclic) bond motifs is 1. The maximum atomic E-state index is 9.50. The van der Waals surface area contributed by atoms with E-state index in [1.54, 1.807) is 6.20 Å². The minimum Gasteiger partial charge on any atom is -0.394 e. The van der Waals surface area contributed by atoms with Gasteiger partial charge in [-0.25, -0.2) is 9.50 Å². The molecule has 0 aliphatic heterocycles. The van der Waals surface area contributed by atoms with Crippen molar-refractivity contribution in [3.05, 3.63) is 24.2 Å². The molecule has 2 aromatic rings. The topological polar surface area (TPSA) is 53.7 Å². The third kappa shape index (κ3) is 2.42. The summed E-state index contributed by atoms with van der Waals surface area (Å²) in [6, 6.07) is 2.07. The highest BCUT2D eigenvalue weighted by atomic mass is 16.3. The van der Waals surface area contributed by atoms with Crippen molar-refractivity contribution in [2.75, 3.05) is 18.6 Å². The van der Waals surface area contributed by atoms with Crippen LogP contribution in [0.5, 0.6) is 0 Å². The molecule has 0 saturated carbocycles. The average molecular weight is 262 g/mol. The van der Waals surface area contributed by atoms with Crippen LogP contribution in [0.3, 0.4) is 0 Å². The predicted molar refractivity (Wildman–Crippen MR) is 76.6 cm³/mol. The Labute approximate surface area is 113 Å². The summed E-state index contributed by atoms with van der Waals surface area (Å²) in [7, 11) is 1.95. The fourth-order valence-electron chi connectivity index (χ4n) is 1.86. The lowest BCUT2D eigenvalue weighted by atomic mass is 10.1. The molecule has 0 unspecified atom stereocenters. The van der Waals surface area contributed by atoms with E-state index in [9.17, 15) is 5.11 Å². The van der Waals surface area contributed by atoms with E-state index in [-0.39, 0.29) is 12.1 Å². The normalized spacial score (nSPS) is 12.4. The van der Waals surface area contributed by atoms with Crippen molar-refractivity contribution in [2.24, 2.45) is 0 Å². The molecule has 5 heteroatoms. The molecule has 1 N–H and O–H groups in total. The van der Waals surface area contributed by atoms with Gasteiger partial charge < -0.3 is 10.0 Å². The van der Waals surface area contributed by atoms with E-state index in [0.717, 1.165) is 17.0 Å². The van der Waals surface area contributed by atoms with Crippen LogP contribution in [0, 0.1) is 0 Å². The first-order valence-corrected chi connectivity index (χ1v) is 6.56. The first-order chi connectivity index (χ1) is 8.86. The Balaban J connectivity index is 2.55. The van der Waals surface area contributed by atoms with Gasteiger partial charge in [0.15, 0.2) is 5.82 Å². The Hall–Kier alpha value is -1.62. The molecule has 0 atom stereocenters. The van der Waals surface area contributed by atoms with Crippen LogP contribution >= 0.6 is 0 Å². The monoisotopic (exact) mass is 262 g/mol. The summed E-state index contributed by atoms with van der Waals surface area (Å²) >= 11 is 0. The molecule has 2 heterocycles. The summed E-state index contributed by atoms with van der Waals surface area (Å²) in [4.78, 5) is 6.44. The number of aliphatic hydroxyl groups excluding tert-OH is 1. The molecule has 0 bridgehead atoms. The molecular weight excluding hydrogens is 240 g/mol. The fraction of sp³-hybridized carbons (Fsp3) is 0.571. The number of aliphatic hydroxyl groups is 1. The second-order valence-corrected chi connectivity index (χ2v) is 5.83. The van der Waals surface area contributed by atoms with E-state index in [4.69, 9.17) is 0 Å². The zero-order valence-corrected chi connectivity index (χ0v) is 12.3. The fourth-order valence-corrected chi connectivity index (χ4v) is 1.86. The largest absolute Gasteiger partial charge is 0.394 e. The maximum Gasteiger partial charge on any atom is 0.154 e. The Kier molecular flexibility index (Phi) is 3.49. The lowest BCUT2D eigenvalue weighted by Crippen LogP contribution is -2.45. The number of hydrogen-bond acceptors (Lipinski definition) is 4. The van der Waals surface area contributed by atoms with Crippen LogP contribution in [0.25, 0.3) is 5.52 Å². The average Bonchev–Trinajstić information content (AvgIpc) is 2.81. The van der Waals surface area contributed by atoms with Crippen LogP contribution < -0.4 is 4.90 Å². The van der Waals surface area contributed by atoms with Crippen molar-refractivity contribution in [2.45, 2.75) is 39.2 Å². The molecule has 0 aromatic carbocycles. The van der Waals surface area contributed by atoms with Crippen LogP contribution in [0.15, 0.2) is 18.5 Å². The second kappa shape index (κ2) is 4.81. The van der Waals surface area contributed by atoms with Crippen molar-refractivity contribution in [1.29, 1.82) is 0 Å². The van der Waals surface area contributed by atoms with E-state index in [1.807, 2.05) is 36.5 Å². The third-order valence-corrected chi connectivity index (χ3v) is 3.59. The summed E-state index contributed by atoms with van der Waals surface area (Å²) in [6.45, 7) is 8.28. The van der Waals surface area contributed by atoms with Gasteiger partial charge in [0, 0.05) is 19.4 Å². The van der Waals surface area contributed by atoms with Crippen LogP contribution in [-0.2, 0) is 0 Å². The van der Waals surface area contributed by atoms with Crippen molar-refractivity contribution in [3.63, 3.8) is 0 Å². The van der Waals surface area contributed by atoms with Gasteiger partial charge in [0.05, 0.1) is 17.8 Å². The van der Waals surface area contributed by atoms with E-state index in [0.29, 0.717) is 5.92 Å². The minimum absolute atomic E-state index is 0.0669. The van der Waals surface area contributed by atoms with Crippen molar-refractivity contribution in [3.8, 4) is 0 Å². The SMILES string of the molecule is CC(C)c1cc2c(N(C)C(C)(C)CO)nccn2n1. The smallest absolute Gasteiger partial charge is 0.154 e. The molecule has 0 radical (unpaired) electrons. The lowest BCUT2D eigenvalue weighted by Gasteiger charge is -2.35. The van der Waals surface area contributed by atoms with Gasteiger partial charge in [0.2, 0.25) is 0 Å². The van der Waals surface area contributed by atoms with Crippen molar-refractivity contribution < 1.29 is 5.11 Å². The number of rotatable bonds is 4. The number of nitrogens with zero attached hydrogens (tertiary/aromatic N) is 4. The van der Waals surface area contributed by atoms with Gasteiger partial charge in [0.1, 0.15) is 5.52 Å². The molecule has 19 heavy (non-hydrogen) atoms. The molecule has 0 spiro atoms. The van der Waals surface area contributed by atoms with Gasteiger partial charge in [0.25, 0.3) is 0 Å². The van der Waals surface area contributed by atoms with E-state index >= 15 is 0 Å². The van der Waals surface area contributed by atoms with Crippen LogP contribution in [0.4, 0.5) is 5.82 Å². The van der Waals surface area contributed by atoms with Gasteiger partial charge in [-0.2, -0.15) is 5.10 Å². The highest BCUT2D eigenvalue weighted by Crippen LogP contribution is 2.26. The number of likely N-dealkylation sites (N-methyl/N-ethyl adjacent to an activating group) is 1. The standard InChI is InChI=1S/C14H22N4O/c1-10(2)11-8-12-13(15-6-7-18(12)16-11)17(5)14(3,4)9-19/h6-8,10,19H,9H2,1-5H3. The number of anilines is 1. The van der Waals surface area contributed by atoms with Gasteiger partial charge in [-0.05, 0) is 25.8 Å². The molecule has 0 aliphatic rings. The third-order valence-electron chi connectivity index (χ3n) is 3.59. The maximum absolute atomic E-state index is 9.50. The number of hydrogen-bond donors (Lipinski definition) is 1. The quantitative estimate of drug-likeness (QED) is 0.916. The molecule has 104 valence electrons. The van der Waals surface area contributed by atoms with E-state index in [2.05, 4.69) is 30.0 Å². The van der Waals surface area contributed by atoms with Crippen LogP contribution in [0.2, 0.25) is 0 Å². The molecule has 2 rings (SSSR count). The Bertz CT molecular complexity index is 574. The second-order valence-electron chi connectivity index (χ2n) is 5.83. The molecule has 0 saturated heterocycles. The number of aromatic nitrogens is 3. The highest BCUT2D eigenvalue weighted by molar-refractivity contribution is 5.69. The molecule has 0 amide bonds. The molecule has 5 nitrogen and oxygen atoms in total. The van der Waals surface area contributed by atoms with Crippen molar-refractivity contribution >= 4 is 11.3 Å². The molecule has 0 fully saturated rings. The molecule has 0 aliphatic carbocycles. The van der Waals surface area contributed by atoms with Gasteiger partial charge in [-0.15, -0.1) is 0 Å². The van der Waals surface area contributed by atoms with Crippen LogP contribution in [-0.4, -0.2) is 38.9 Å². The summed E-state index contributed by atoms with van der Waals surface area (Å²) in [5.41, 5.74) is 1.65. The van der Waals surface area contributed by atoms with Crippen LogP contribution in [0.1, 0.15) is 39.3 Å². The highest BCUT2D eigenvalue weighted by Gasteiger charge is 2.25. The predicted octanol–water partition coefficient (Wildman–Crippen LogP) is 2.06. The Morgan fingerprint density at radius 2 is 2.11 bits per heavy atom. The van der Waals surface area contributed by atoms with Gasteiger partial charge in [-0.1, -0.05) is 13.8 Å². The lowest BCUT2D eigenvalue weighted by molar-refractivity contribution is 0.216. The van der Waals surface area contributed by atoms with Gasteiger partial charge in [-0.3, -0.25) is 0 Å². The summed E-state index contributed by atoms with van der Waals surface area (Å²) in [5.74, 6) is 1.21. The summed E-state index contributed by atoms with van der Waals surface area (Å²) in [6.07, 6.45) is 3.59. The minimum atomic E-state index is -0.364.